The van der Waals surface area contributed by atoms with Crippen LogP contribution in [0.4, 0.5) is 10.5 Å². The molecule has 0 bridgehead atoms. The fraction of sp³-hybridized carbons (Fsp3) is 0.120. The maximum atomic E-state index is 13.0. The van der Waals surface area contributed by atoms with Gasteiger partial charge in [0.15, 0.2) is 5.78 Å². The number of Topliss-reactive ketones (excluding diaryl/α,β-unsaturated/α-hetero) is 1. The smallest absolute Gasteiger partial charge is 0.419 e. The van der Waals surface area contributed by atoms with Crippen molar-refractivity contribution in [2.45, 2.75) is 6.42 Å². The van der Waals surface area contributed by atoms with E-state index in [0.717, 1.165) is 4.90 Å². The van der Waals surface area contributed by atoms with E-state index >= 15 is 0 Å². The molecule has 1 heterocycles. The number of primary amides is 1. The van der Waals surface area contributed by atoms with Crippen molar-refractivity contribution >= 4 is 39.9 Å². The van der Waals surface area contributed by atoms with Crippen LogP contribution in [0.15, 0.2) is 66.5 Å². The van der Waals surface area contributed by atoms with Crippen LogP contribution in [0.2, 0.25) is 0 Å². The van der Waals surface area contributed by atoms with E-state index in [-0.39, 0.29) is 34.9 Å². The Kier molecular flexibility index (Phi) is 6.46. The number of allylic oxidation sites excluding steroid dienone is 4. The molecule has 11 nitrogen and oxygen atoms in total. The van der Waals surface area contributed by atoms with Crippen LogP contribution in [0.3, 0.4) is 0 Å². The van der Waals surface area contributed by atoms with Gasteiger partial charge in [0.25, 0.3) is 11.6 Å². The number of hydrogen-bond acceptors (Lipinski definition) is 8. The lowest BCUT2D eigenvalue weighted by atomic mass is 9.92. The number of carbonyl (C=O) groups is 3. The molecule has 0 saturated heterocycles. The second kappa shape index (κ2) is 9.66. The van der Waals surface area contributed by atoms with Gasteiger partial charge in [-0.2, -0.15) is 0 Å². The van der Waals surface area contributed by atoms with Gasteiger partial charge in [0.1, 0.15) is 11.5 Å². The molecule has 3 aromatic rings. The summed E-state index contributed by atoms with van der Waals surface area (Å²) in [4.78, 5) is 53.0. The van der Waals surface area contributed by atoms with Gasteiger partial charge >= 0.3 is 6.09 Å². The Bertz CT molecular complexity index is 1480. The molecule has 11 heteroatoms. The lowest BCUT2D eigenvalue weighted by Crippen LogP contribution is -2.33. The van der Waals surface area contributed by atoms with E-state index in [1.165, 1.54) is 44.5 Å². The summed E-state index contributed by atoms with van der Waals surface area (Å²) in [6.45, 7) is 0. The largest absolute Gasteiger partial charge is 0.496 e. The van der Waals surface area contributed by atoms with Gasteiger partial charge in [-0.1, -0.05) is 6.08 Å². The van der Waals surface area contributed by atoms with Gasteiger partial charge in [0.2, 0.25) is 0 Å². The van der Waals surface area contributed by atoms with E-state index in [2.05, 4.69) is 4.98 Å². The zero-order valence-electron chi connectivity index (χ0n) is 19.3. The molecule has 0 unspecified atom stereocenters. The highest BCUT2D eigenvalue weighted by molar-refractivity contribution is 6.09. The molecule has 1 aromatic heterocycles. The van der Waals surface area contributed by atoms with Crippen molar-refractivity contribution in [1.29, 1.82) is 0 Å². The Morgan fingerprint density at radius 2 is 1.86 bits per heavy atom. The zero-order valence-corrected chi connectivity index (χ0v) is 19.3. The molecule has 0 aliphatic heterocycles. The Hall–Kier alpha value is -5.06. The Balaban J connectivity index is 1.61. The number of amides is 2. The maximum Gasteiger partial charge on any atom is 0.419 e. The van der Waals surface area contributed by atoms with Crippen LogP contribution in [0.5, 0.6) is 11.5 Å². The number of hydrogen-bond donors (Lipinski definition) is 1. The topological polar surface area (TPSA) is 155 Å². The molecule has 2 N–H and O–H groups in total. The molecular formula is C25H20N4O7. The fourth-order valence-electron chi connectivity index (χ4n) is 3.80. The fourth-order valence-corrected chi connectivity index (χ4v) is 3.80. The van der Waals surface area contributed by atoms with Crippen LogP contribution >= 0.6 is 0 Å². The highest BCUT2D eigenvalue weighted by atomic mass is 16.6. The number of fused-ring (bicyclic) bond motifs is 1. The van der Waals surface area contributed by atoms with Crippen molar-refractivity contribution < 1.29 is 28.8 Å². The average molecular weight is 488 g/mol. The summed E-state index contributed by atoms with van der Waals surface area (Å²) in [6.07, 6.45) is 3.95. The van der Waals surface area contributed by atoms with Crippen LogP contribution in [0.25, 0.3) is 16.5 Å². The van der Waals surface area contributed by atoms with Gasteiger partial charge in [-0.25, -0.2) is 4.79 Å². The number of ketones is 1. The highest BCUT2D eigenvalue weighted by Crippen LogP contribution is 2.33. The van der Waals surface area contributed by atoms with Gasteiger partial charge in [-0.3, -0.25) is 29.6 Å². The third kappa shape index (κ3) is 4.62. The first-order valence-electron chi connectivity index (χ1n) is 10.6. The van der Waals surface area contributed by atoms with Crippen molar-refractivity contribution in [2.24, 2.45) is 5.73 Å². The standard InChI is InChI=1S/C25H20N4O7/c1-28(25(32)36-16-6-4-15(5-7-16)29(33)34)21-8-3-14(11-22(21)30)17-9-10-27-20-13-23(35-2)19(24(26)31)12-18(17)20/h3-10,12-13H,11H2,1-2H3,(H2,26,31). The molecule has 1 aliphatic carbocycles. The first-order valence-corrected chi connectivity index (χ1v) is 10.6. The summed E-state index contributed by atoms with van der Waals surface area (Å²) in [7, 11) is 2.82. The molecule has 1 aliphatic rings. The molecule has 0 spiro atoms. The lowest BCUT2D eigenvalue weighted by Gasteiger charge is -2.22. The quantitative estimate of drug-likeness (QED) is 0.407. The summed E-state index contributed by atoms with van der Waals surface area (Å²) in [5, 5.41) is 11.4. The number of non-ortho nitro benzene ring substituents is 1. The van der Waals surface area contributed by atoms with Crippen molar-refractivity contribution in [3.8, 4) is 11.5 Å². The van der Waals surface area contributed by atoms with E-state index in [0.29, 0.717) is 27.8 Å². The summed E-state index contributed by atoms with van der Waals surface area (Å²) >= 11 is 0. The summed E-state index contributed by atoms with van der Waals surface area (Å²) in [5.41, 5.74) is 7.55. The number of carbonyl (C=O) groups excluding carboxylic acids is 3. The molecule has 4 rings (SSSR count). The molecule has 182 valence electrons. The average Bonchev–Trinajstić information content (AvgIpc) is 2.87. The summed E-state index contributed by atoms with van der Waals surface area (Å²) < 4.78 is 10.5. The predicted molar refractivity (Wildman–Crippen MR) is 129 cm³/mol. The zero-order chi connectivity index (χ0) is 26.0. The molecule has 2 amide bonds. The van der Waals surface area contributed by atoms with Gasteiger partial charge in [-0.05, 0) is 41.5 Å². The minimum atomic E-state index is -0.826. The third-order valence-electron chi connectivity index (χ3n) is 5.64. The number of methoxy groups -OCH3 is 1. The molecule has 0 saturated carbocycles. The molecule has 36 heavy (non-hydrogen) atoms. The number of nitro benzene ring substituents is 1. The summed E-state index contributed by atoms with van der Waals surface area (Å²) in [5.74, 6) is -0.595. The normalized spacial score (nSPS) is 13.0. The van der Waals surface area contributed by atoms with Crippen molar-refractivity contribution in [3.63, 3.8) is 0 Å². The van der Waals surface area contributed by atoms with Gasteiger partial charge < -0.3 is 15.2 Å². The SMILES string of the molecule is COc1cc2nccc(C3=CC=C(N(C)C(=O)Oc4ccc([N+](=O)[O-])cc4)C(=O)C3)c2cc1C(N)=O. The third-order valence-corrected chi connectivity index (χ3v) is 5.64. The van der Waals surface area contributed by atoms with Crippen LogP contribution in [0.1, 0.15) is 22.3 Å². The number of pyridine rings is 1. The van der Waals surface area contributed by atoms with E-state index in [9.17, 15) is 24.5 Å². The van der Waals surface area contributed by atoms with Crippen LogP contribution in [0, 0.1) is 10.1 Å². The number of nitrogens with zero attached hydrogens (tertiary/aromatic N) is 3. The highest BCUT2D eigenvalue weighted by Gasteiger charge is 2.26. The number of aromatic nitrogens is 1. The molecule has 0 fully saturated rings. The lowest BCUT2D eigenvalue weighted by molar-refractivity contribution is -0.384. The van der Waals surface area contributed by atoms with Gasteiger partial charge in [-0.15, -0.1) is 0 Å². The number of benzene rings is 2. The Labute approximate surface area is 204 Å². The van der Waals surface area contributed by atoms with Crippen molar-refractivity contribution in [1.82, 2.24) is 9.88 Å². The Morgan fingerprint density at radius 3 is 2.47 bits per heavy atom. The van der Waals surface area contributed by atoms with Gasteiger partial charge in [0, 0.05) is 43.3 Å². The number of nitro groups is 1. The minimum absolute atomic E-state index is 0.0158. The van der Waals surface area contributed by atoms with Crippen LogP contribution in [-0.4, -0.2) is 46.7 Å². The van der Waals surface area contributed by atoms with Gasteiger partial charge in [0.05, 0.1) is 28.8 Å². The van der Waals surface area contributed by atoms with E-state index < -0.39 is 16.9 Å². The molecule has 0 atom stereocenters. The second-order valence-corrected chi connectivity index (χ2v) is 7.81. The molecular weight excluding hydrogens is 468 g/mol. The van der Waals surface area contributed by atoms with E-state index in [4.69, 9.17) is 15.2 Å². The number of nitrogens with two attached hydrogens (primary N) is 1. The second-order valence-electron chi connectivity index (χ2n) is 7.81. The number of likely N-dealkylation sites (N-methyl/N-ethyl adjacent to an activating group) is 1. The summed E-state index contributed by atoms with van der Waals surface area (Å²) in [6, 6.07) is 9.92. The first-order chi connectivity index (χ1) is 17.2. The van der Waals surface area contributed by atoms with E-state index in [1.54, 1.807) is 30.5 Å². The Morgan fingerprint density at radius 1 is 1.14 bits per heavy atom. The predicted octanol–water partition coefficient (Wildman–Crippen LogP) is 3.62. The number of ether oxygens (including phenoxy) is 2. The first kappa shape index (κ1) is 24.1. The minimum Gasteiger partial charge on any atom is -0.496 e. The molecule has 2 aromatic carbocycles. The number of rotatable bonds is 6. The van der Waals surface area contributed by atoms with Crippen molar-refractivity contribution in [3.05, 3.63) is 87.8 Å². The van der Waals surface area contributed by atoms with E-state index in [1.807, 2.05) is 0 Å². The maximum absolute atomic E-state index is 13.0. The van der Waals surface area contributed by atoms with Crippen LogP contribution < -0.4 is 15.2 Å². The van der Waals surface area contributed by atoms with Crippen molar-refractivity contribution in [2.75, 3.05) is 14.2 Å². The molecule has 0 radical (unpaired) electrons. The van der Waals surface area contributed by atoms with Crippen LogP contribution in [-0.2, 0) is 4.79 Å². The monoisotopic (exact) mass is 488 g/mol.